The number of carboxylic acid groups (broad SMARTS) is 1. The maximum Gasteiger partial charge on any atom is 0.339 e. The number of nitrogens with two attached hydrogens (primary N) is 1. The summed E-state index contributed by atoms with van der Waals surface area (Å²) in [7, 11) is -9.63. The molecule has 0 saturated carbocycles. The maximum atomic E-state index is 12.4. The fourth-order valence-electron chi connectivity index (χ4n) is 5.58. The summed E-state index contributed by atoms with van der Waals surface area (Å²) in [5.74, 6) is -2.27. The number of fused-ring (bicyclic) bond motifs is 1. The van der Waals surface area contributed by atoms with Crippen LogP contribution in [0, 0.1) is 13.8 Å². The second-order valence-electron chi connectivity index (χ2n) is 12.3. The SMILES string of the molecule is Cc1cc(-c2ccc(N=Nc3ccc4c(S(=O)(=O)O)cc(N=Nc5ccc(Cl)c(S(=O)(=O)O)c5)c(N)c4c3O)c(C)c2)ccc1N=Nc1ccc(O)c(C(=O)O)c1. The van der Waals surface area contributed by atoms with Gasteiger partial charge in [0.15, 0.2) is 5.75 Å². The van der Waals surface area contributed by atoms with Crippen molar-refractivity contribution in [3.63, 3.8) is 0 Å². The number of nitrogen functional groups attached to an aromatic ring is 1. The second kappa shape index (κ2) is 15.5. The Hall–Kier alpha value is -6.64. The molecule has 0 fully saturated rings. The molecular weight excluding hydrogens is 802 g/mol. The number of rotatable bonds is 10. The van der Waals surface area contributed by atoms with E-state index < -0.39 is 41.7 Å². The summed E-state index contributed by atoms with van der Waals surface area (Å²) in [4.78, 5) is 10.00. The van der Waals surface area contributed by atoms with Gasteiger partial charge in [-0.25, -0.2) is 4.79 Å². The second-order valence-corrected chi connectivity index (χ2v) is 15.5. The average Bonchev–Trinajstić information content (AvgIpc) is 3.14. The predicted molar refractivity (Wildman–Crippen MR) is 210 cm³/mol. The van der Waals surface area contributed by atoms with Crippen LogP contribution in [0.25, 0.3) is 21.9 Å². The summed E-state index contributed by atoms with van der Waals surface area (Å²) in [6.45, 7) is 3.63. The number of anilines is 1. The molecule has 6 rings (SSSR count). The molecule has 0 bridgehead atoms. The van der Waals surface area contributed by atoms with E-state index in [1.165, 1.54) is 36.4 Å². The number of carbonyl (C=O) groups is 1. The number of benzene rings is 6. The van der Waals surface area contributed by atoms with Gasteiger partial charge >= 0.3 is 5.97 Å². The summed E-state index contributed by atoms with van der Waals surface area (Å²) in [6.07, 6.45) is 0. The third kappa shape index (κ3) is 8.62. The third-order valence-electron chi connectivity index (χ3n) is 8.46. The molecule has 0 aliphatic heterocycles. The fourth-order valence-corrected chi connectivity index (χ4v) is 7.28. The number of carboxylic acids is 1. The van der Waals surface area contributed by atoms with E-state index in [0.29, 0.717) is 16.9 Å². The van der Waals surface area contributed by atoms with Gasteiger partial charge in [-0.3, -0.25) is 9.11 Å². The smallest absolute Gasteiger partial charge is 0.339 e. The summed E-state index contributed by atoms with van der Waals surface area (Å²) < 4.78 is 67.5. The van der Waals surface area contributed by atoms with Crippen molar-refractivity contribution in [2.75, 3.05) is 5.73 Å². The number of aromatic hydroxyl groups is 2. The Kier molecular flexibility index (Phi) is 10.9. The molecule has 20 heteroatoms. The van der Waals surface area contributed by atoms with Crippen molar-refractivity contribution >= 4 is 88.4 Å². The molecular formula is C37H28ClN7O10S2. The molecule has 0 aromatic heterocycles. The van der Waals surface area contributed by atoms with Crippen LogP contribution in [0.5, 0.6) is 11.5 Å². The molecule has 0 saturated heterocycles. The average molecular weight is 830 g/mol. The van der Waals surface area contributed by atoms with E-state index in [1.807, 2.05) is 25.1 Å². The molecule has 0 aliphatic rings. The van der Waals surface area contributed by atoms with E-state index in [4.69, 9.17) is 17.3 Å². The Balaban J connectivity index is 1.29. The number of hydrogen-bond donors (Lipinski definition) is 6. The van der Waals surface area contributed by atoms with Gasteiger partial charge in [0.05, 0.1) is 38.8 Å². The normalized spacial score (nSPS) is 12.4. The first-order chi connectivity index (χ1) is 26.8. The minimum Gasteiger partial charge on any atom is -0.507 e. The molecule has 7 N–H and O–H groups in total. The van der Waals surface area contributed by atoms with Crippen LogP contribution < -0.4 is 5.73 Å². The van der Waals surface area contributed by atoms with E-state index in [1.54, 1.807) is 25.1 Å². The molecule has 0 aliphatic carbocycles. The van der Waals surface area contributed by atoms with E-state index in [2.05, 4.69) is 30.7 Å². The van der Waals surface area contributed by atoms with Gasteiger partial charge < -0.3 is 21.1 Å². The zero-order valence-corrected chi connectivity index (χ0v) is 31.8. The lowest BCUT2D eigenvalue weighted by atomic mass is 10.0. The minimum atomic E-state index is -4.91. The van der Waals surface area contributed by atoms with Gasteiger partial charge in [0.25, 0.3) is 20.2 Å². The molecule has 6 aromatic rings. The largest absolute Gasteiger partial charge is 0.507 e. The Morgan fingerprint density at radius 1 is 0.614 bits per heavy atom. The molecule has 0 atom stereocenters. The first-order valence-electron chi connectivity index (χ1n) is 16.2. The van der Waals surface area contributed by atoms with E-state index in [9.17, 15) is 46.1 Å². The molecule has 0 radical (unpaired) electrons. The number of hydrogen-bond acceptors (Lipinski definition) is 14. The van der Waals surface area contributed by atoms with Crippen LogP contribution in [0.1, 0.15) is 21.5 Å². The van der Waals surface area contributed by atoms with Crippen LogP contribution >= 0.6 is 11.6 Å². The lowest BCUT2D eigenvalue weighted by Crippen LogP contribution is -2.01. The lowest BCUT2D eigenvalue weighted by molar-refractivity contribution is 0.0693. The zero-order chi connectivity index (χ0) is 41.4. The maximum absolute atomic E-state index is 12.4. The molecule has 0 spiro atoms. The number of halogens is 1. The highest BCUT2D eigenvalue weighted by molar-refractivity contribution is 7.86. The molecule has 290 valence electrons. The first-order valence-corrected chi connectivity index (χ1v) is 19.4. The Bertz CT molecular complexity index is 2970. The highest BCUT2D eigenvalue weighted by Crippen LogP contribution is 2.45. The van der Waals surface area contributed by atoms with Gasteiger partial charge in [0.2, 0.25) is 0 Å². The Morgan fingerprint density at radius 2 is 1.12 bits per heavy atom. The van der Waals surface area contributed by atoms with Gasteiger partial charge in [-0.1, -0.05) is 29.8 Å². The summed E-state index contributed by atoms with van der Waals surface area (Å²) in [5.41, 5.74) is 9.56. The van der Waals surface area contributed by atoms with Crippen molar-refractivity contribution < 1.29 is 46.1 Å². The van der Waals surface area contributed by atoms with Crippen LogP contribution in [0.2, 0.25) is 5.02 Å². The Labute approximate surface area is 328 Å². The quantitative estimate of drug-likeness (QED) is 0.0429. The standard InChI is InChI=1S/C37H28ClN7O10S2/c1-18-13-20(3-9-27(18)42-40-22-6-12-31(46)25(15-22)37(48)49)21-4-10-28(19(2)14-21)43-44-29-11-7-24-32(56(50,51)52)17-30(35(39)34(24)36(29)47)45-41-23-5-8-26(38)33(16-23)57(53,54)55/h3-17,46-47H,39H2,1-2H3,(H,48,49)(H,50,51,52)(H,53,54,55). The van der Waals surface area contributed by atoms with Crippen molar-refractivity contribution in [1.82, 2.24) is 0 Å². The number of aromatic carboxylic acids is 1. The van der Waals surface area contributed by atoms with Crippen LogP contribution in [0.4, 0.5) is 39.8 Å². The van der Waals surface area contributed by atoms with E-state index in [0.717, 1.165) is 34.9 Å². The van der Waals surface area contributed by atoms with Gasteiger partial charge in [0, 0.05) is 5.39 Å². The zero-order valence-electron chi connectivity index (χ0n) is 29.4. The number of azo groups is 3. The van der Waals surface area contributed by atoms with Crippen LogP contribution in [-0.2, 0) is 20.2 Å². The third-order valence-corrected chi connectivity index (χ3v) is 10.7. The van der Waals surface area contributed by atoms with Crippen molar-refractivity contribution in [3.8, 4) is 22.6 Å². The van der Waals surface area contributed by atoms with Crippen LogP contribution in [-0.4, -0.2) is 47.2 Å². The molecule has 0 heterocycles. The van der Waals surface area contributed by atoms with Gasteiger partial charge in [0.1, 0.15) is 32.5 Å². The summed E-state index contributed by atoms with van der Waals surface area (Å²) in [5, 5.41) is 54.1. The van der Waals surface area contributed by atoms with Crippen molar-refractivity contribution in [1.29, 1.82) is 0 Å². The number of phenols is 2. The first kappa shape index (κ1) is 40.0. The van der Waals surface area contributed by atoms with Gasteiger partial charge in [-0.05, 0) is 109 Å². The van der Waals surface area contributed by atoms with E-state index in [-0.39, 0.29) is 55.5 Å². The number of aryl methyl sites for hydroxylation is 2. The summed E-state index contributed by atoms with van der Waals surface area (Å²) in [6, 6.07) is 21.5. The van der Waals surface area contributed by atoms with Crippen LogP contribution in [0.15, 0.2) is 131 Å². The van der Waals surface area contributed by atoms with Crippen molar-refractivity contribution in [2.24, 2.45) is 30.7 Å². The van der Waals surface area contributed by atoms with Crippen LogP contribution in [0.3, 0.4) is 0 Å². The molecule has 0 unspecified atom stereocenters. The highest BCUT2D eigenvalue weighted by Gasteiger charge is 2.23. The minimum absolute atomic E-state index is 0.115. The summed E-state index contributed by atoms with van der Waals surface area (Å²) >= 11 is 5.85. The Morgan fingerprint density at radius 3 is 1.68 bits per heavy atom. The molecule has 6 aromatic carbocycles. The molecule has 17 nitrogen and oxygen atoms in total. The number of phenolic OH excluding ortho intramolecular Hbond substituents is 1. The fraction of sp³-hybridized carbons (Fsp3) is 0.0541. The van der Waals surface area contributed by atoms with Gasteiger partial charge in [-0.2, -0.15) is 37.3 Å². The predicted octanol–water partition coefficient (Wildman–Crippen LogP) is 10.2. The number of nitrogens with zero attached hydrogens (tertiary/aromatic N) is 6. The monoisotopic (exact) mass is 829 g/mol. The molecule has 57 heavy (non-hydrogen) atoms. The van der Waals surface area contributed by atoms with E-state index >= 15 is 0 Å². The topological polar surface area (TPSA) is 287 Å². The van der Waals surface area contributed by atoms with Crippen molar-refractivity contribution in [2.45, 2.75) is 23.6 Å². The molecule has 0 amide bonds. The lowest BCUT2D eigenvalue weighted by Gasteiger charge is -2.12. The van der Waals surface area contributed by atoms with Gasteiger partial charge in [-0.15, -0.1) is 10.2 Å². The highest BCUT2D eigenvalue weighted by atomic mass is 35.5. The van der Waals surface area contributed by atoms with Crippen molar-refractivity contribution in [3.05, 3.63) is 113 Å².